The topological polar surface area (TPSA) is 71.1 Å². The third kappa shape index (κ3) is 9.98. The Kier molecular flexibility index (Phi) is 12.0. The molecular weight excluding hydrogens is 432 g/mol. The summed E-state index contributed by atoms with van der Waals surface area (Å²) in [6, 6.07) is 13.6. The number of unbranched alkanes of at least 4 members (excludes halogenated alkanes) is 3. The molecule has 0 aliphatic rings. The van der Waals surface area contributed by atoms with E-state index >= 15 is 0 Å². The van der Waals surface area contributed by atoms with E-state index in [0.717, 1.165) is 31.2 Å². The van der Waals surface area contributed by atoms with Crippen molar-refractivity contribution in [1.29, 1.82) is 0 Å². The maximum Gasteiger partial charge on any atom is 0.343 e. The van der Waals surface area contributed by atoms with E-state index in [9.17, 15) is 9.59 Å². The monoisotopic (exact) mass is 460 g/mol. The predicted molar refractivity (Wildman–Crippen MR) is 124 cm³/mol. The molecule has 0 aromatic heterocycles. The third-order valence-electron chi connectivity index (χ3n) is 4.42. The zero-order chi connectivity index (χ0) is 23.0. The molecule has 0 heterocycles. The second-order valence-corrected chi connectivity index (χ2v) is 7.31. The number of carbonyl (C=O) groups excluding carboxylic acids is 2. The van der Waals surface area contributed by atoms with Crippen LogP contribution in [0.3, 0.4) is 0 Å². The van der Waals surface area contributed by atoms with Gasteiger partial charge in [-0.05, 0) is 60.9 Å². The molecule has 0 aliphatic carbocycles. The Morgan fingerprint density at radius 1 is 0.844 bits per heavy atom. The molecule has 0 N–H and O–H groups in total. The normalized spacial score (nSPS) is 10.8. The Labute approximate surface area is 194 Å². The van der Waals surface area contributed by atoms with Crippen LogP contribution in [0.25, 0.3) is 6.08 Å². The van der Waals surface area contributed by atoms with Gasteiger partial charge in [0.15, 0.2) is 0 Å². The molecule has 0 radical (unpaired) electrons. The number of carbonyl (C=O) groups is 2. The average molecular weight is 461 g/mol. The number of ether oxygens (including phenoxy) is 4. The largest absolute Gasteiger partial charge is 0.491 e. The Bertz CT molecular complexity index is 846. The molecular formula is C25H29ClO6. The van der Waals surface area contributed by atoms with E-state index in [1.165, 1.54) is 6.08 Å². The summed E-state index contributed by atoms with van der Waals surface area (Å²) in [5.41, 5.74) is 1.21. The number of methoxy groups -OCH3 is 1. The minimum atomic E-state index is -0.466. The van der Waals surface area contributed by atoms with Crippen LogP contribution in [0, 0.1) is 0 Å². The maximum absolute atomic E-state index is 12.3. The highest BCUT2D eigenvalue weighted by Crippen LogP contribution is 2.17. The van der Waals surface area contributed by atoms with Gasteiger partial charge in [0.1, 0.15) is 18.1 Å². The summed E-state index contributed by atoms with van der Waals surface area (Å²) in [4.78, 5) is 24.1. The van der Waals surface area contributed by atoms with Crippen molar-refractivity contribution in [3.63, 3.8) is 0 Å². The number of halogens is 1. The van der Waals surface area contributed by atoms with Crippen molar-refractivity contribution in [3.05, 3.63) is 65.7 Å². The number of alkyl halides is 1. The zero-order valence-electron chi connectivity index (χ0n) is 18.3. The highest BCUT2D eigenvalue weighted by Gasteiger charge is 2.09. The van der Waals surface area contributed by atoms with Crippen LogP contribution >= 0.6 is 11.6 Å². The van der Waals surface area contributed by atoms with Gasteiger partial charge < -0.3 is 18.9 Å². The SMILES string of the molecule is COCCOc1ccc(C(=O)Oc2ccc(C=CC(=O)OCCCCCCCl)cc2)cc1. The first-order valence-corrected chi connectivity index (χ1v) is 11.1. The van der Waals surface area contributed by atoms with Gasteiger partial charge in [-0.3, -0.25) is 0 Å². The number of benzene rings is 2. The van der Waals surface area contributed by atoms with Crippen molar-refractivity contribution >= 4 is 29.6 Å². The molecule has 0 atom stereocenters. The lowest BCUT2D eigenvalue weighted by molar-refractivity contribution is -0.137. The van der Waals surface area contributed by atoms with Gasteiger partial charge in [-0.2, -0.15) is 0 Å². The lowest BCUT2D eigenvalue weighted by Gasteiger charge is -2.07. The molecule has 7 heteroatoms. The molecule has 6 nitrogen and oxygen atoms in total. The highest BCUT2D eigenvalue weighted by atomic mass is 35.5. The van der Waals surface area contributed by atoms with Crippen LogP contribution in [0.2, 0.25) is 0 Å². The van der Waals surface area contributed by atoms with Crippen LogP contribution in [-0.4, -0.2) is 44.7 Å². The highest BCUT2D eigenvalue weighted by molar-refractivity contribution is 6.17. The standard InChI is InChI=1S/C25H29ClO6/c1-29-18-19-30-22-13-9-21(10-14-22)25(28)32-23-11-6-20(7-12-23)8-15-24(27)31-17-5-3-2-4-16-26/h6-15H,2-5,16-19H2,1H3. The van der Waals surface area contributed by atoms with Gasteiger partial charge in [0.25, 0.3) is 0 Å². The first-order chi connectivity index (χ1) is 15.6. The van der Waals surface area contributed by atoms with Gasteiger partial charge in [-0.15, -0.1) is 11.6 Å². The van der Waals surface area contributed by atoms with Gasteiger partial charge in [0.05, 0.1) is 18.8 Å². The molecule has 32 heavy (non-hydrogen) atoms. The van der Waals surface area contributed by atoms with E-state index in [1.54, 1.807) is 61.7 Å². The number of rotatable bonds is 14. The zero-order valence-corrected chi connectivity index (χ0v) is 19.0. The van der Waals surface area contributed by atoms with E-state index in [0.29, 0.717) is 42.8 Å². The predicted octanol–water partition coefficient (Wildman–Crippen LogP) is 5.29. The lowest BCUT2D eigenvalue weighted by atomic mass is 10.2. The average Bonchev–Trinajstić information content (AvgIpc) is 2.81. The van der Waals surface area contributed by atoms with E-state index in [2.05, 4.69) is 0 Å². The number of hydrogen-bond acceptors (Lipinski definition) is 6. The smallest absolute Gasteiger partial charge is 0.343 e. The molecule has 0 spiro atoms. The summed E-state index contributed by atoms with van der Waals surface area (Å²) < 4.78 is 21.0. The molecule has 2 rings (SSSR count). The fourth-order valence-corrected chi connectivity index (χ4v) is 2.87. The van der Waals surface area contributed by atoms with Crippen LogP contribution in [0.5, 0.6) is 11.5 Å². The fraction of sp³-hybridized carbons (Fsp3) is 0.360. The van der Waals surface area contributed by atoms with E-state index in [1.807, 2.05) is 0 Å². The Hall–Kier alpha value is -2.83. The molecule has 0 fully saturated rings. The summed E-state index contributed by atoms with van der Waals surface area (Å²) >= 11 is 5.62. The Morgan fingerprint density at radius 3 is 2.22 bits per heavy atom. The van der Waals surface area contributed by atoms with Crippen molar-refractivity contribution in [2.75, 3.05) is 32.8 Å². The number of esters is 2. The van der Waals surface area contributed by atoms with Gasteiger partial charge in [-0.1, -0.05) is 25.0 Å². The van der Waals surface area contributed by atoms with Gasteiger partial charge in [0, 0.05) is 19.1 Å². The fourth-order valence-electron chi connectivity index (χ4n) is 2.68. The first-order valence-electron chi connectivity index (χ1n) is 10.6. The third-order valence-corrected chi connectivity index (χ3v) is 4.69. The minimum Gasteiger partial charge on any atom is -0.491 e. The van der Waals surface area contributed by atoms with Gasteiger partial charge in [-0.25, -0.2) is 9.59 Å². The molecule has 0 aliphatic heterocycles. The van der Waals surface area contributed by atoms with E-state index in [4.69, 9.17) is 30.5 Å². The van der Waals surface area contributed by atoms with Crippen LogP contribution < -0.4 is 9.47 Å². The summed E-state index contributed by atoms with van der Waals surface area (Å²) in [5, 5.41) is 0. The molecule has 0 unspecified atom stereocenters. The molecule has 0 saturated heterocycles. The van der Waals surface area contributed by atoms with Crippen molar-refractivity contribution in [3.8, 4) is 11.5 Å². The molecule has 2 aromatic carbocycles. The summed E-state index contributed by atoms with van der Waals surface area (Å²) in [7, 11) is 1.60. The molecule has 0 amide bonds. The van der Waals surface area contributed by atoms with Gasteiger partial charge in [0.2, 0.25) is 0 Å². The minimum absolute atomic E-state index is 0.382. The summed E-state index contributed by atoms with van der Waals surface area (Å²) in [6.07, 6.45) is 6.90. The molecule has 0 saturated carbocycles. The molecule has 0 bridgehead atoms. The lowest BCUT2D eigenvalue weighted by Crippen LogP contribution is -2.09. The summed E-state index contributed by atoms with van der Waals surface area (Å²) in [5.74, 6) is 0.879. The second-order valence-electron chi connectivity index (χ2n) is 6.93. The van der Waals surface area contributed by atoms with Crippen molar-refractivity contribution < 1.29 is 28.5 Å². The van der Waals surface area contributed by atoms with Crippen molar-refractivity contribution in [2.45, 2.75) is 25.7 Å². The van der Waals surface area contributed by atoms with Crippen molar-refractivity contribution in [1.82, 2.24) is 0 Å². The van der Waals surface area contributed by atoms with Crippen LogP contribution in [-0.2, 0) is 14.3 Å². The van der Waals surface area contributed by atoms with E-state index in [-0.39, 0.29) is 5.97 Å². The van der Waals surface area contributed by atoms with E-state index < -0.39 is 5.97 Å². The number of hydrogen-bond donors (Lipinski definition) is 0. The second kappa shape index (κ2) is 15.1. The van der Waals surface area contributed by atoms with Crippen molar-refractivity contribution in [2.24, 2.45) is 0 Å². The van der Waals surface area contributed by atoms with Crippen LogP contribution in [0.15, 0.2) is 54.6 Å². The molecule has 172 valence electrons. The maximum atomic E-state index is 12.3. The van der Waals surface area contributed by atoms with Gasteiger partial charge >= 0.3 is 11.9 Å². The summed E-state index contributed by atoms with van der Waals surface area (Å²) in [6.45, 7) is 1.33. The quantitative estimate of drug-likeness (QED) is 0.125. The van der Waals surface area contributed by atoms with Crippen LogP contribution in [0.4, 0.5) is 0 Å². The molecule has 2 aromatic rings. The Morgan fingerprint density at radius 2 is 1.53 bits per heavy atom. The first kappa shape index (κ1) is 25.4. The Balaban J connectivity index is 1.76. The van der Waals surface area contributed by atoms with Crippen LogP contribution in [0.1, 0.15) is 41.6 Å².